The molecule has 2 fully saturated rings. The van der Waals surface area contributed by atoms with Crippen molar-refractivity contribution >= 4 is 11.6 Å². The molecule has 0 atom stereocenters. The zero-order chi connectivity index (χ0) is 14.8. The minimum Gasteiger partial charge on any atom is -0.378 e. The number of piperidine rings is 1. The number of carbonyl (C=O) groups is 1. The van der Waals surface area contributed by atoms with Gasteiger partial charge in [-0.05, 0) is 49.9 Å². The minimum atomic E-state index is 0.0604. The molecule has 0 spiro atoms. The Balaban J connectivity index is 1.51. The van der Waals surface area contributed by atoms with Crippen LogP contribution in [0.4, 0.5) is 5.69 Å². The summed E-state index contributed by atoms with van der Waals surface area (Å²) in [7, 11) is 4.01. The number of nitrogens with zero attached hydrogens (tertiary/aromatic N) is 2. The smallest absolute Gasteiger partial charge is 0.251 e. The number of nitrogens with one attached hydrogen (secondary N) is 1. The molecule has 4 nitrogen and oxygen atoms in total. The van der Waals surface area contributed by atoms with Gasteiger partial charge in [-0.1, -0.05) is 0 Å². The second-order valence-electron chi connectivity index (χ2n) is 6.46. The van der Waals surface area contributed by atoms with E-state index in [0.717, 1.165) is 43.2 Å². The Hall–Kier alpha value is -1.55. The van der Waals surface area contributed by atoms with Crippen LogP contribution in [0, 0.1) is 0 Å². The van der Waals surface area contributed by atoms with Gasteiger partial charge in [-0.2, -0.15) is 0 Å². The van der Waals surface area contributed by atoms with Crippen molar-refractivity contribution in [2.75, 3.05) is 32.1 Å². The highest BCUT2D eigenvalue weighted by Gasteiger charge is 2.32. The Morgan fingerprint density at radius 1 is 1.10 bits per heavy atom. The maximum atomic E-state index is 12.3. The van der Waals surface area contributed by atoms with E-state index in [0.29, 0.717) is 6.04 Å². The summed E-state index contributed by atoms with van der Waals surface area (Å²) in [5.41, 5.74) is 1.87. The van der Waals surface area contributed by atoms with E-state index in [2.05, 4.69) is 10.2 Å². The van der Waals surface area contributed by atoms with Crippen molar-refractivity contribution in [1.29, 1.82) is 0 Å². The fourth-order valence-electron chi connectivity index (χ4n) is 3.03. The molecule has 1 heterocycles. The maximum absolute atomic E-state index is 12.3. The monoisotopic (exact) mass is 287 g/mol. The molecular formula is C17H25N3O. The molecular weight excluding hydrogens is 262 g/mol. The van der Waals surface area contributed by atoms with Crippen LogP contribution >= 0.6 is 0 Å². The van der Waals surface area contributed by atoms with Gasteiger partial charge >= 0.3 is 0 Å². The zero-order valence-corrected chi connectivity index (χ0v) is 13.0. The highest BCUT2D eigenvalue weighted by atomic mass is 16.1. The molecule has 1 N–H and O–H groups in total. The van der Waals surface area contributed by atoms with Crippen LogP contribution in [-0.2, 0) is 0 Å². The van der Waals surface area contributed by atoms with E-state index in [1.807, 2.05) is 43.3 Å². The van der Waals surface area contributed by atoms with Crippen LogP contribution in [0.2, 0.25) is 0 Å². The number of hydrogen-bond donors (Lipinski definition) is 1. The Kier molecular flexibility index (Phi) is 4.15. The number of rotatable bonds is 4. The first-order chi connectivity index (χ1) is 10.1. The Bertz CT molecular complexity index is 485. The van der Waals surface area contributed by atoms with Crippen LogP contribution in [-0.4, -0.2) is 50.1 Å². The second kappa shape index (κ2) is 6.06. The predicted octanol–water partition coefficient (Wildman–Crippen LogP) is 2.11. The van der Waals surface area contributed by atoms with Crippen LogP contribution in [0.1, 0.15) is 36.0 Å². The molecule has 1 aromatic carbocycles. The summed E-state index contributed by atoms with van der Waals surface area (Å²) in [4.78, 5) is 16.9. The molecule has 0 bridgehead atoms. The van der Waals surface area contributed by atoms with Crippen LogP contribution in [0.15, 0.2) is 24.3 Å². The average Bonchev–Trinajstić information content (AvgIpc) is 3.33. The summed E-state index contributed by atoms with van der Waals surface area (Å²) in [5, 5.41) is 3.18. The van der Waals surface area contributed by atoms with E-state index >= 15 is 0 Å². The summed E-state index contributed by atoms with van der Waals surface area (Å²) in [5.74, 6) is 0.0604. The van der Waals surface area contributed by atoms with E-state index in [1.54, 1.807) is 0 Å². The Morgan fingerprint density at radius 3 is 2.24 bits per heavy atom. The van der Waals surface area contributed by atoms with Gasteiger partial charge in [0.1, 0.15) is 0 Å². The summed E-state index contributed by atoms with van der Waals surface area (Å²) >= 11 is 0. The van der Waals surface area contributed by atoms with Gasteiger partial charge in [-0.3, -0.25) is 4.79 Å². The lowest BCUT2D eigenvalue weighted by Gasteiger charge is -2.32. The van der Waals surface area contributed by atoms with Crippen molar-refractivity contribution in [2.45, 2.75) is 37.8 Å². The molecule has 2 aliphatic rings. The Labute approximate surface area is 127 Å². The van der Waals surface area contributed by atoms with Gasteiger partial charge < -0.3 is 15.1 Å². The summed E-state index contributed by atoms with van der Waals surface area (Å²) in [6.45, 7) is 2.27. The van der Waals surface area contributed by atoms with Crippen molar-refractivity contribution in [3.63, 3.8) is 0 Å². The molecule has 1 saturated heterocycles. The van der Waals surface area contributed by atoms with Crippen LogP contribution in [0.5, 0.6) is 0 Å². The molecule has 4 heteroatoms. The third kappa shape index (κ3) is 3.56. The van der Waals surface area contributed by atoms with Crippen LogP contribution in [0.25, 0.3) is 0 Å². The average molecular weight is 287 g/mol. The topological polar surface area (TPSA) is 35.6 Å². The number of carbonyl (C=O) groups excluding carboxylic acids is 1. The maximum Gasteiger partial charge on any atom is 0.251 e. The predicted molar refractivity (Wildman–Crippen MR) is 85.9 cm³/mol. The van der Waals surface area contributed by atoms with Gasteiger partial charge in [0.25, 0.3) is 5.91 Å². The van der Waals surface area contributed by atoms with Gasteiger partial charge in [0, 0.05) is 50.5 Å². The number of hydrogen-bond acceptors (Lipinski definition) is 3. The highest BCUT2D eigenvalue weighted by Crippen LogP contribution is 2.29. The molecule has 3 rings (SSSR count). The minimum absolute atomic E-state index is 0.0604. The lowest BCUT2D eigenvalue weighted by atomic mass is 10.0. The molecule has 0 aromatic heterocycles. The van der Waals surface area contributed by atoms with E-state index in [9.17, 15) is 4.79 Å². The van der Waals surface area contributed by atoms with Crippen molar-refractivity contribution in [1.82, 2.24) is 10.2 Å². The second-order valence-corrected chi connectivity index (χ2v) is 6.46. The Morgan fingerprint density at radius 2 is 1.71 bits per heavy atom. The molecule has 1 aromatic rings. The number of likely N-dealkylation sites (tertiary alicyclic amines) is 1. The number of benzene rings is 1. The standard InChI is InChI=1S/C17H25N3O/c1-19(2)15-5-3-13(4-6-15)17(21)18-14-9-11-20(12-10-14)16-7-8-16/h3-6,14,16H,7-12H2,1-2H3,(H,18,21). The van der Waals surface area contributed by atoms with Crippen molar-refractivity contribution < 1.29 is 4.79 Å². The lowest BCUT2D eigenvalue weighted by molar-refractivity contribution is 0.0909. The zero-order valence-electron chi connectivity index (χ0n) is 13.0. The molecule has 1 amide bonds. The third-order valence-corrected chi connectivity index (χ3v) is 4.57. The van der Waals surface area contributed by atoms with Crippen molar-refractivity contribution in [3.05, 3.63) is 29.8 Å². The fraction of sp³-hybridized carbons (Fsp3) is 0.588. The molecule has 1 aliphatic carbocycles. The SMILES string of the molecule is CN(C)c1ccc(C(=O)NC2CCN(C3CC3)CC2)cc1. The number of anilines is 1. The van der Waals surface area contributed by atoms with Gasteiger partial charge in [0.05, 0.1) is 0 Å². The van der Waals surface area contributed by atoms with E-state index < -0.39 is 0 Å². The first-order valence-corrected chi connectivity index (χ1v) is 7.96. The number of amides is 1. The van der Waals surface area contributed by atoms with E-state index in [1.165, 1.54) is 12.8 Å². The lowest BCUT2D eigenvalue weighted by Crippen LogP contribution is -2.45. The normalized spacial score (nSPS) is 20.3. The van der Waals surface area contributed by atoms with E-state index in [4.69, 9.17) is 0 Å². The summed E-state index contributed by atoms with van der Waals surface area (Å²) < 4.78 is 0. The van der Waals surface area contributed by atoms with E-state index in [-0.39, 0.29) is 5.91 Å². The van der Waals surface area contributed by atoms with Gasteiger partial charge in [-0.25, -0.2) is 0 Å². The first-order valence-electron chi connectivity index (χ1n) is 7.96. The summed E-state index contributed by atoms with van der Waals surface area (Å²) in [6, 6.07) is 8.98. The van der Waals surface area contributed by atoms with Crippen molar-refractivity contribution in [3.8, 4) is 0 Å². The molecule has 0 unspecified atom stereocenters. The highest BCUT2D eigenvalue weighted by molar-refractivity contribution is 5.94. The molecule has 1 saturated carbocycles. The van der Waals surface area contributed by atoms with Gasteiger partial charge in [0.2, 0.25) is 0 Å². The first kappa shape index (κ1) is 14.4. The van der Waals surface area contributed by atoms with Crippen LogP contribution < -0.4 is 10.2 Å². The molecule has 0 radical (unpaired) electrons. The quantitative estimate of drug-likeness (QED) is 0.921. The molecule has 114 valence electrons. The summed E-state index contributed by atoms with van der Waals surface area (Å²) in [6.07, 6.45) is 4.90. The van der Waals surface area contributed by atoms with Gasteiger partial charge in [-0.15, -0.1) is 0 Å². The van der Waals surface area contributed by atoms with Crippen molar-refractivity contribution in [2.24, 2.45) is 0 Å². The van der Waals surface area contributed by atoms with Gasteiger partial charge in [0.15, 0.2) is 0 Å². The molecule has 1 aliphatic heterocycles. The largest absolute Gasteiger partial charge is 0.378 e. The van der Waals surface area contributed by atoms with Crippen LogP contribution in [0.3, 0.4) is 0 Å². The third-order valence-electron chi connectivity index (χ3n) is 4.57. The fourth-order valence-corrected chi connectivity index (χ4v) is 3.03. The molecule has 21 heavy (non-hydrogen) atoms.